The van der Waals surface area contributed by atoms with Gasteiger partial charge in [0.05, 0.1) is 11.0 Å². The maximum Gasteiger partial charge on any atom is 0.0728 e. The molecule has 22 heavy (non-hydrogen) atoms. The zero-order chi connectivity index (χ0) is 15.1. The molecule has 0 atom stereocenters. The zero-order valence-corrected chi connectivity index (χ0v) is 12.2. The van der Waals surface area contributed by atoms with Crippen LogP contribution in [0.1, 0.15) is 5.56 Å². The van der Waals surface area contributed by atoms with Gasteiger partial charge in [0, 0.05) is 28.9 Å². The van der Waals surface area contributed by atoms with Gasteiger partial charge in [-0.15, -0.1) is 0 Å². The molecule has 0 aliphatic rings. The van der Waals surface area contributed by atoms with Crippen LogP contribution >= 0.6 is 0 Å². The number of nitrogens with two attached hydrogens (primary N) is 1. The van der Waals surface area contributed by atoms with Crippen molar-refractivity contribution in [2.75, 3.05) is 5.73 Å². The van der Waals surface area contributed by atoms with E-state index in [1.807, 2.05) is 24.4 Å². The fraction of sp³-hybridized carbons (Fsp3) is 0.0526. The molecule has 2 heterocycles. The Balaban J connectivity index is 1.95. The molecule has 2 N–H and O–H groups in total. The van der Waals surface area contributed by atoms with Gasteiger partial charge in [0.1, 0.15) is 0 Å². The Morgan fingerprint density at radius 3 is 2.45 bits per heavy atom. The van der Waals surface area contributed by atoms with E-state index in [0.29, 0.717) is 0 Å². The third-order valence-corrected chi connectivity index (χ3v) is 4.04. The lowest BCUT2D eigenvalue weighted by molar-refractivity contribution is 1.39. The van der Waals surface area contributed by atoms with Crippen molar-refractivity contribution in [1.29, 1.82) is 0 Å². The zero-order valence-electron chi connectivity index (χ0n) is 12.2. The number of fused-ring (bicyclic) bond motifs is 2. The Bertz CT molecular complexity index is 1010. The van der Waals surface area contributed by atoms with Crippen LogP contribution in [0.4, 0.5) is 5.69 Å². The van der Waals surface area contributed by atoms with Gasteiger partial charge in [0.25, 0.3) is 0 Å². The summed E-state index contributed by atoms with van der Waals surface area (Å²) in [5.41, 5.74) is 12.2. The Morgan fingerprint density at radius 1 is 0.773 bits per heavy atom. The molecule has 0 unspecified atom stereocenters. The average Bonchev–Trinajstić information content (AvgIpc) is 2.55. The first-order chi connectivity index (χ1) is 10.7. The van der Waals surface area contributed by atoms with Crippen LogP contribution in [0.15, 0.2) is 60.9 Å². The number of hydrogen-bond acceptors (Lipinski definition) is 3. The van der Waals surface area contributed by atoms with Gasteiger partial charge >= 0.3 is 0 Å². The second kappa shape index (κ2) is 4.81. The molecule has 0 aliphatic carbocycles. The average molecular weight is 285 g/mol. The highest BCUT2D eigenvalue weighted by Gasteiger charge is 2.06. The van der Waals surface area contributed by atoms with Gasteiger partial charge in [-0.05, 0) is 47.9 Å². The molecule has 0 bridgehead atoms. The van der Waals surface area contributed by atoms with E-state index in [2.05, 4.69) is 47.2 Å². The highest BCUT2D eigenvalue weighted by molar-refractivity contribution is 5.94. The molecule has 4 aromatic rings. The highest BCUT2D eigenvalue weighted by Crippen LogP contribution is 2.29. The number of aryl methyl sites for hydroxylation is 1. The fourth-order valence-electron chi connectivity index (χ4n) is 2.88. The highest BCUT2D eigenvalue weighted by atomic mass is 14.7. The lowest BCUT2D eigenvalue weighted by atomic mass is 9.99. The molecular formula is C19H15N3. The summed E-state index contributed by atoms with van der Waals surface area (Å²) < 4.78 is 0. The topological polar surface area (TPSA) is 51.8 Å². The van der Waals surface area contributed by atoms with Crippen molar-refractivity contribution in [1.82, 2.24) is 9.97 Å². The number of pyridine rings is 2. The Kier molecular flexibility index (Phi) is 2.79. The van der Waals surface area contributed by atoms with Gasteiger partial charge in [-0.1, -0.05) is 24.3 Å². The Hall–Kier alpha value is -2.94. The molecule has 2 aromatic carbocycles. The van der Waals surface area contributed by atoms with Crippen LogP contribution < -0.4 is 5.73 Å². The summed E-state index contributed by atoms with van der Waals surface area (Å²) in [6.07, 6.45) is 3.57. The minimum atomic E-state index is 0.757. The lowest BCUT2D eigenvalue weighted by Gasteiger charge is -2.08. The molecule has 106 valence electrons. The summed E-state index contributed by atoms with van der Waals surface area (Å²) in [6, 6.07) is 16.4. The minimum Gasteiger partial charge on any atom is -0.398 e. The molecule has 0 radical (unpaired) electrons. The SMILES string of the molecule is Cc1cc(-c2ccc3c(N)ccnc3c2)cc2ncccc12. The first-order valence-corrected chi connectivity index (χ1v) is 7.22. The van der Waals surface area contributed by atoms with Crippen molar-refractivity contribution in [3.8, 4) is 11.1 Å². The number of nitrogen functional groups attached to an aromatic ring is 1. The molecule has 0 spiro atoms. The summed E-state index contributed by atoms with van der Waals surface area (Å²) in [7, 11) is 0. The van der Waals surface area contributed by atoms with Crippen LogP contribution in [0.3, 0.4) is 0 Å². The first kappa shape index (κ1) is 12.8. The first-order valence-electron chi connectivity index (χ1n) is 7.22. The molecule has 0 amide bonds. The van der Waals surface area contributed by atoms with E-state index in [1.165, 1.54) is 10.9 Å². The Labute approximate surface area is 128 Å². The molecule has 3 heteroatoms. The molecule has 0 saturated carbocycles. The van der Waals surface area contributed by atoms with Crippen molar-refractivity contribution in [3.05, 3.63) is 66.5 Å². The maximum atomic E-state index is 5.99. The number of rotatable bonds is 1. The van der Waals surface area contributed by atoms with Crippen molar-refractivity contribution in [2.24, 2.45) is 0 Å². The normalized spacial score (nSPS) is 11.1. The van der Waals surface area contributed by atoms with Crippen molar-refractivity contribution >= 4 is 27.5 Å². The predicted molar refractivity (Wildman–Crippen MR) is 91.6 cm³/mol. The van der Waals surface area contributed by atoms with E-state index in [0.717, 1.165) is 33.2 Å². The van der Waals surface area contributed by atoms with Gasteiger partial charge in [-0.25, -0.2) is 0 Å². The van der Waals surface area contributed by atoms with Gasteiger partial charge in [-0.2, -0.15) is 0 Å². The van der Waals surface area contributed by atoms with Crippen molar-refractivity contribution in [2.45, 2.75) is 6.92 Å². The van der Waals surface area contributed by atoms with Crippen LogP contribution in [0.25, 0.3) is 32.9 Å². The standard InChI is InChI=1S/C19H15N3/c1-12-9-14(11-18-15(12)3-2-7-21-18)13-4-5-16-17(20)6-8-22-19(16)10-13/h2-11H,1H3,(H2,20,22). The van der Waals surface area contributed by atoms with Crippen LogP contribution in [0.2, 0.25) is 0 Å². The molecule has 0 aliphatic heterocycles. The number of hydrogen-bond donors (Lipinski definition) is 1. The summed E-state index contributed by atoms with van der Waals surface area (Å²) in [6.45, 7) is 2.12. The van der Waals surface area contributed by atoms with Gasteiger partial charge < -0.3 is 5.73 Å². The second-order valence-electron chi connectivity index (χ2n) is 5.50. The second-order valence-corrected chi connectivity index (χ2v) is 5.50. The molecule has 4 rings (SSSR count). The van der Waals surface area contributed by atoms with Gasteiger partial charge in [-0.3, -0.25) is 9.97 Å². The van der Waals surface area contributed by atoms with Crippen molar-refractivity contribution in [3.63, 3.8) is 0 Å². The van der Waals surface area contributed by atoms with Gasteiger partial charge in [0.2, 0.25) is 0 Å². The number of benzene rings is 2. The summed E-state index contributed by atoms with van der Waals surface area (Å²) in [4.78, 5) is 8.89. The molecular weight excluding hydrogens is 270 g/mol. The monoisotopic (exact) mass is 285 g/mol. The third-order valence-electron chi connectivity index (χ3n) is 4.04. The number of aromatic nitrogens is 2. The minimum absolute atomic E-state index is 0.757. The molecule has 0 saturated heterocycles. The summed E-state index contributed by atoms with van der Waals surface area (Å²) >= 11 is 0. The van der Waals surface area contributed by atoms with E-state index in [9.17, 15) is 0 Å². The van der Waals surface area contributed by atoms with E-state index in [4.69, 9.17) is 5.73 Å². The summed E-state index contributed by atoms with van der Waals surface area (Å²) in [5, 5.41) is 2.18. The lowest BCUT2D eigenvalue weighted by Crippen LogP contribution is -1.90. The van der Waals surface area contributed by atoms with Crippen LogP contribution in [-0.4, -0.2) is 9.97 Å². The molecule has 3 nitrogen and oxygen atoms in total. The fourth-order valence-corrected chi connectivity index (χ4v) is 2.88. The van der Waals surface area contributed by atoms with E-state index >= 15 is 0 Å². The summed E-state index contributed by atoms with van der Waals surface area (Å²) in [5.74, 6) is 0. The largest absolute Gasteiger partial charge is 0.398 e. The Morgan fingerprint density at radius 2 is 1.55 bits per heavy atom. The van der Waals surface area contributed by atoms with Crippen LogP contribution in [0, 0.1) is 6.92 Å². The molecule has 2 aromatic heterocycles. The van der Waals surface area contributed by atoms with Crippen LogP contribution in [0.5, 0.6) is 0 Å². The predicted octanol–water partition coefficient (Wildman–Crippen LogP) is 4.34. The van der Waals surface area contributed by atoms with E-state index < -0.39 is 0 Å². The van der Waals surface area contributed by atoms with E-state index in [1.54, 1.807) is 6.20 Å². The van der Waals surface area contributed by atoms with Crippen LogP contribution in [-0.2, 0) is 0 Å². The smallest absolute Gasteiger partial charge is 0.0728 e. The number of anilines is 1. The van der Waals surface area contributed by atoms with E-state index in [-0.39, 0.29) is 0 Å². The number of nitrogens with zero attached hydrogens (tertiary/aromatic N) is 2. The maximum absolute atomic E-state index is 5.99. The third kappa shape index (κ3) is 1.99. The van der Waals surface area contributed by atoms with Gasteiger partial charge in [0.15, 0.2) is 0 Å². The quantitative estimate of drug-likeness (QED) is 0.566. The molecule has 0 fully saturated rings. The van der Waals surface area contributed by atoms with Crippen molar-refractivity contribution < 1.29 is 0 Å².